The fourth-order valence-corrected chi connectivity index (χ4v) is 1.82. The van der Waals surface area contributed by atoms with Gasteiger partial charge in [0, 0.05) is 11.6 Å². The lowest BCUT2D eigenvalue weighted by Gasteiger charge is -2.14. The van der Waals surface area contributed by atoms with Gasteiger partial charge in [-0.1, -0.05) is 6.07 Å². The summed E-state index contributed by atoms with van der Waals surface area (Å²) >= 11 is 0. The zero-order valence-electron chi connectivity index (χ0n) is 10.9. The van der Waals surface area contributed by atoms with Gasteiger partial charge in [0.15, 0.2) is 0 Å². The monoisotopic (exact) mass is 261 g/mol. The normalized spacial score (nSPS) is 12.0. The average Bonchev–Trinajstić information content (AvgIpc) is 2.39. The lowest BCUT2D eigenvalue weighted by atomic mass is 10.1. The lowest BCUT2D eigenvalue weighted by Crippen LogP contribution is -2.09. The van der Waals surface area contributed by atoms with Crippen LogP contribution in [0.3, 0.4) is 0 Å². The van der Waals surface area contributed by atoms with Crippen LogP contribution in [0.25, 0.3) is 0 Å². The molecule has 1 atom stereocenters. The van der Waals surface area contributed by atoms with Gasteiger partial charge in [-0.2, -0.15) is 0 Å². The van der Waals surface area contributed by atoms with Crippen molar-refractivity contribution >= 4 is 0 Å². The summed E-state index contributed by atoms with van der Waals surface area (Å²) in [7, 11) is 1.59. The van der Waals surface area contributed by atoms with Crippen molar-refractivity contribution in [1.82, 2.24) is 0 Å². The molecule has 0 aliphatic carbocycles. The van der Waals surface area contributed by atoms with Crippen LogP contribution < -0.4 is 15.2 Å². The predicted molar refractivity (Wildman–Crippen MR) is 72.1 cm³/mol. The van der Waals surface area contributed by atoms with Crippen LogP contribution in [0.1, 0.15) is 18.5 Å². The van der Waals surface area contributed by atoms with E-state index in [0.29, 0.717) is 17.1 Å². The molecule has 2 aromatic carbocycles. The number of methoxy groups -OCH3 is 1. The van der Waals surface area contributed by atoms with E-state index in [1.54, 1.807) is 50.4 Å². The van der Waals surface area contributed by atoms with E-state index < -0.39 is 6.04 Å². The number of benzene rings is 2. The second kappa shape index (κ2) is 5.71. The number of rotatable bonds is 4. The Morgan fingerprint density at radius 3 is 2.26 bits per heavy atom. The van der Waals surface area contributed by atoms with E-state index in [9.17, 15) is 4.39 Å². The first-order valence-corrected chi connectivity index (χ1v) is 5.97. The first kappa shape index (κ1) is 13.4. The highest BCUT2D eigenvalue weighted by Crippen LogP contribution is 2.31. The third-order valence-electron chi connectivity index (χ3n) is 2.76. The topological polar surface area (TPSA) is 44.5 Å². The minimum Gasteiger partial charge on any atom is -0.497 e. The minimum absolute atomic E-state index is 0.360. The molecule has 0 saturated heterocycles. The van der Waals surface area contributed by atoms with E-state index in [1.165, 1.54) is 6.07 Å². The van der Waals surface area contributed by atoms with Gasteiger partial charge in [0.1, 0.15) is 23.1 Å². The number of halogens is 1. The third kappa shape index (κ3) is 3.03. The molecule has 0 aliphatic rings. The first-order chi connectivity index (χ1) is 9.11. The maximum Gasteiger partial charge on any atom is 0.135 e. The lowest BCUT2D eigenvalue weighted by molar-refractivity contribution is 0.412. The molecule has 0 unspecified atom stereocenters. The quantitative estimate of drug-likeness (QED) is 0.913. The molecule has 4 heteroatoms. The highest BCUT2D eigenvalue weighted by Gasteiger charge is 2.14. The van der Waals surface area contributed by atoms with Crippen molar-refractivity contribution in [2.75, 3.05) is 7.11 Å². The summed E-state index contributed by atoms with van der Waals surface area (Å²) in [6, 6.07) is 11.3. The Kier molecular flexibility index (Phi) is 4.02. The van der Waals surface area contributed by atoms with Crippen LogP contribution in [-0.2, 0) is 0 Å². The molecule has 2 N–H and O–H groups in total. The van der Waals surface area contributed by atoms with Crippen molar-refractivity contribution in [3.8, 4) is 17.2 Å². The molecule has 100 valence electrons. The molecule has 19 heavy (non-hydrogen) atoms. The molecule has 0 spiro atoms. The Morgan fingerprint density at radius 2 is 1.68 bits per heavy atom. The van der Waals surface area contributed by atoms with E-state index in [-0.39, 0.29) is 5.82 Å². The smallest absolute Gasteiger partial charge is 0.135 e. The van der Waals surface area contributed by atoms with Crippen LogP contribution in [0.15, 0.2) is 42.5 Å². The number of hydrogen-bond acceptors (Lipinski definition) is 3. The Labute approximate surface area is 111 Å². The van der Waals surface area contributed by atoms with Crippen molar-refractivity contribution in [3.63, 3.8) is 0 Å². The maximum absolute atomic E-state index is 13.7. The molecule has 0 saturated carbocycles. The van der Waals surface area contributed by atoms with E-state index in [0.717, 1.165) is 5.75 Å². The van der Waals surface area contributed by atoms with Crippen LogP contribution in [0.5, 0.6) is 17.2 Å². The summed E-state index contributed by atoms with van der Waals surface area (Å²) in [6.07, 6.45) is 0. The summed E-state index contributed by atoms with van der Waals surface area (Å²) in [5, 5.41) is 0. The fourth-order valence-electron chi connectivity index (χ4n) is 1.82. The van der Waals surface area contributed by atoms with Crippen molar-refractivity contribution < 1.29 is 13.9 Å². The van der Waals surface area contributed by atoms with E-state index >= 15 is 0 Å². The minimum atomic E-state index is -0.436. The van der Waals surface area contributed by atoms with Crippen molar-refractivity contribution in [3.05, 3.63) is 53.8 Å². The summed E-state index contributed by atoms with van der Waals surface area (Å²) in [4.78, 5) is 0. The van der Waals surface area contributed by atoms with E-state index in [2.05, 4.69) is 0 Å². The highest BCUT2D eigenvalue weighted by molar-refractivity contribution is 5.41. The van der Waals surface area contributed by atoms with Gasteiger partial charge in [-0.25, -0.2) is 4.39 Å². The summed E-state index contributed by atoms with van der Waals surface area (Å²) in [5.74, 6) is 1.41. The summed E-state index contributed by atoms with van der Waals surface area (Å²) < 4.78 is 24.5. The molecule has 0 aliphatic heterocycles. The standard InChI is InChI=1S/C15H16FNO2/c1-10(17)15-13(16)4-3-5-14(15)19-12-8-6-11(18-2)7-9-12/h3-10H,17H2,1-2H3/t10-/m1/s1. The molecular weight excluding hydrogens is 245 g/mol. The second-order valence-corrected chi connectivity index (χ2v) is 4.22. The van der Waals surface area contributed by atoms with Crippen LogP contribution in [0.4, 0.5) is 4.39 Å². The zero-order chi connectivity index (χ0) is 13.8. The van der Waals surface area contributed by atoms with Gasteiger partial charge in [-0.3, -0.25) is 0 Å². The molecule has 0 aromatic heterocycles. The van der Waals surface area contributed by atoms with Gasteiger partial charge in [-0.15, -0.1) is 0 Å². The van der Waals surface area contributed by atoms with Crippen LogP contribution in [0.2, 0.25) is 0 Å². The van der Waals surface area contributed by atoms with E-state index in [4.69, 9.17) is 15.2 Å². The Hall–Kier alpha value is -2.07. The van der Waals surface area contributed by atoms with Crippen LogP contribution in [0, 0.1) is 5.82 Å². The third-order valence-corrected chi connectivity index (χ3v) is 2.76. The number of nitrogens with two attached hydrogens (primary N) is 1. The fraction of sp³-hybridized carbons (Fsp3) is 0.200. The molecule has 0 radical (unpaired) electrons. The maximum atomic E-state index is 13.7. The Morgan fingerprint density at radius 1 is 1.05 bits per heavy atom. The predicted octanol–water partition coefficient (Wildman–Crippen LogP) is 3.65. The van der Waals surface area contributed by atoms with Gasteiger partial charge in [-0.05, 0) is 43.3 Å². The van der Waals surface area contributed by atoms with Crippen LogP contribution >= 0.6 is 0 Å². The van der Waals surface area contributed by atoms with E-state index in [1.807, 2.05) is 0 Å². The summed E-state index contributed by atoms with van der Waals surface area (Å²) in [5.41, 5.74) is 6.15. The molecule has 2 aromatic rings. The highest BCUT2D eigenvalue weighted by atomic mass is 19.1. The van der Waals surface area contributed by atoms with Crippen molar-refractivity contribution in [2.24, 2.45) is 5.73 Å². The molecule has 0 bridgehead atoms. The number of hydrogen-bond donors (Lipinski definition) is 1. The van der Waals surface area contributed by atoms with Crippen molar-refractivity contribution in [2.45, 2.75) is 13.0 Å². The average molecular weight is 261 g/mol. The van der Waals surface area contributed by atoms with Crippen molar-refractivity contribution in [1.29, 1.82) is 0 Å². The molecule has 3 nitrogen and oxygen atoms in total. The van der Waals surface area contributed by atoms with Crippen LogP contribution in [-0.4, -0.2) is 7.11 Å². The molecule has 0 fully saturated rings. The molecular formula is C15H16FNO2. The summed E-state index contributed by atoms with van der Waals surface area (Å²) in [6.45, 7) is 1.72. The van der Waals surface area contributed by atoms with Gasteiger partial charge >= 0.3 is 0 Å². The van der Waals surface area contributed by atoms with Gasteiger partial charge < -0.3 is 15.2 Å². The Balaban J connectivity index is 2.29. The molecule has 2 rings (SSSR count). The van der Waals surface area contributed by atoms with Gasteiger partial charge in [0.25, 0.3) is 0 Å². The van der Waals surface area contributed by atoms with Gasteiger partial charge in [0.05, 0.1) is 7.11 Å². The second-order valence-electron chi connectivity index (χ2n) is 4.22. The molecule has 0 heterocycles. The van der Waals surface area contributed by atoms with Gasteiger partial charge in [0.2, 0.25) is 0 Å². The zero-order valence-corrected chi connectivity index (χ0v) is 10.9. The largest absolute Gasteiger partial charge is 0.497 e. The molecule has 0 amide bonds. The number of ether oxygens (including phenoxy) is 2. The first-order valence-electron chi connectivity index (χ1n) is 5.97. The Bertz CT molecular complexity index is 553. The SMILES string of the molecule is COc1ccc(Oc2cccc(F)c2[C@@H](C)N)cc1.